The Morgan fingerprint density at radius 2 is 2.24 bits per heavy atom. The van der Waals surface area contributed by atoms with Crippen molar-refractivity contribution in [1.82, 2.24) is 0 Å². The lowest BCUT2D eigenvalue weighted by molar-refractivity contribution is 0.844. The summed E-state index contributed by atoms with van der Waals surface area (Å²) in [6, 6.07) is 8.33. The Labute approximate surface area is 113 Å². The van der Waals surface area contributed by atoms with Crippen LogP contribution in [0, 0.1) is 0 Å². The van der Waals surface area contributed by atoms with Gasteiger partial charge in [-0.25, -0.2) is 0 Å². The van der Waals surface area contributed by atoms with E-state index in [9.17, 15) is 0 Å². The number of anilines is 2. The highest BCUT2D eigenvalue weighted by Gasteiger charge is 2.20. The zero-order valence-corrected chi connectivity index (χ0v) is 11.7. The fraction of sp³-hybridized carbons (Fsp3) is 0.231. The topological polar surface area (TPSA) is 29.3 Å². The average Bonchev–Trinajstić information content (AvgIpc) is 2.87. The van der Waals surface area contributed by atoms with Gasteiger partial charge in [0.1, 0.15) is 0 Å². The van der Waals surface area contributed by atoms with Gasteiger partial charge in [0.2, 0.25) is 0 Å². The summed E-state index contributed by atoms with van der Waals surface area (Å²) in [6.45, 7) is 2.07. The van der Waals surface area contributed by atoms with Crippen molar-refractivity contribution in [3.05, 3.63) is 44.6 Å². The first-order valence-electron chi connectivity index (χ1n) is 5.59. The van der Waals surface area contributed by atoms with Gasteiger partial charge in [-0.1, -0.05) is 0 Å². The Bertz CT molecular complexity index is 550. The molecule has 4 heteroatoms. The van der Waals surface area contributed by atoms with Gasteiger partial charge in [0, 0.05) is 27.3 Å². The van der Waals surface area contributed by atoms with E-state index in [0.717, 1.165) is 25.2 Å². The number of thiophene rings is 1. The summed E-state index contributed by atoms with van der Waals surface area (Å²) in [6.07, 6.45) is 1.10. The molecule has 2 N–H and O–H groups in total. The molecule has 0 fully saturated rings. The Hall–Kier alpha value is -1.00. The number of nitrogens with zero attached hydrogens (tertiary/aromatic N) is 1. The summed E-state index contributed by atoms with van der Waals surface area (Å²) in [7, 11) is 0. The highest BCUT2D eigenvalue weighted by molar-refractivity contribution is 9.10. The molecule has 0 saturated carbocycles. The van der Waals surface area contributed by atoms with Gasteiger partial charge in [-0.15, -0.1) is 11.3 Å². The van der Waals surface area contributed by atoms with Gasteiger partial charge >= 0.3 is 0 Å². The van der Waals surface area contributed by atoms with Crippen LogP contribution in [-0.4, -0.2) is 6.54 Å². The summed E-state index contributed by atoms with van der Waals surface area (Å²) in [5.41, 5.74) is 9.38. The van der Waals surface area contributed by atoms with Crippen LogP contribution in [0.3, 0.4) is 0 Å². The molecule has 3 rings (SSSR count). The van der Waals surface area contributed by atoms with E-state index < -0.39 is 0 Å². The van der Waals surface area contributed by atoms with E-state index in [1.54, 1.807) is 11.3 Å². The molecule has 0 bridgehead atoms. The molecule has 2 aromatic rings. The quantitative estimate of drug-likeness (QED) is 0.858. The van der Waals surface area contributed by atoms with Crippen LogP contribution in [0.1, 0.15) is 10.4 Å². The maximum Gasteiger partial charge on any atom is 0.0534 e. The molecule has 0 atom stereocenters. The Morgan fingerprint density at radius 3 is 3.00 bits per heavy atom. The summed E-state index contributed by atoms with van der Waals surface area (Å²) < 4.78 is 1.21. The zero-order chi connectivity index (χ0) is 11.8. The second kappa shape index (κ2) is 4.35. The third-order valence-corrected chi connectivity index (χ3v) is 5.03. The standard InChI is InChI=1S/C13H13BrN2S/c14-11-4-6-17-13(11)8-16-5-3-9-7-10(15)1-2-12(9)16/h1-2,4,6-7H,3,5,8,15H2. The van der Waals surface area contributed by atoms with Crippen LogP contribution < -0.4 is 10.6 Å². The minimum absolute atomic E-state index is 0.864. The third-order valence-electron chi connectivity index (χ3n) is 3.12. The molecule has 0 unspecified atom stereocenters. The van der Waals surface area contributed by atoms with Gasteiger partial charge < -0.3 is 10.6 Å². The lowest BCUT2D eigenvalue weighted by Gasteiger charge is -2.18. The summed E-state index contributed by atoms with van der Waals surface area (Å²) in [5, 5.41) is 2.12. The van der Waals surface area contributed by atoms with Crippen molar-refractivity contribution in [2.45, 2.75) is 13.0 Å². The van der Waals surface area contributed by atoms with E-state index in [1.807, 2.05) is 6.07 Å². The van der Waals surface area contributed by atoms with E-state index in [1.165, 1.54) is 20.6 Å². The molecule has 17 heavy (non-hydrogen) atoms. The number of hydrogen-bond acceptors (Lipinski definition) is 3. The predicted molar refractivity (Wildman–Crippen MR) is 77.6 cm³/mol. The van der Waals surface area contributed by atoms with Gasteiger partial charge in [-0.05, 0) is 57.6 Å². The SMILES string of the molecule is Nc1ccc2c(c1)CCN2Cc1sccc1Br. The van der Waals surface area contributed by atoms with E-state index in [2.05, 4.69) is 44.4 Å². The number of rotatable bonds is 2. The number of benzene rings is 1. The van der Waals surface area contributed by atoms with Crippen molar-refractivity contribution < 1.29 is 0 Å². The molecule has 1 aliphatic heterocycles. The lowest BCUT2D eigenvalue weighted by Crippen LogP contribution is -2.19. The summed E-state index contributed by atoms with van der Waals surface area (Å²) >= 11 is 5.39. The van der Waals surface area contributed by atoms with Gasteiger partial charge in [-0.2, -0.15) is 0 Å². The van der Waals surface area contributed by atoms with E-state index in [4.69, 9.17) is 5.73 Å². The van der Waals surface area contributed by atoms with Gasteiger partial charge in [0.15, 0.2) is 0 Å². The highest BCUT2D eigenvalue weighted by Crippen LogP contribution is 2.33. The van der Waals surface area contributed by atoms with Crippen LogP contribution in [-0.2, 0) is 13.0 Å². The van der Waals surface area contributed by atoms with Crippen LogP contribution in [0.4, 0.5) is 11.4 Å². The minimum atomic E-state index is 0.864. The molecule has 88 valence electrons. The Kier molecular flexibility index (Phi) is 2.84. The zero-order valence-electron chi connectivity index (χ0n) is 9.32. The van der Waals surface area contributed by atoms with Crippen molar-refractivity contribution >= 4 is 38.6 Å². The van der Waals surface area contributed by atoms with Crippen LogP contribution in [0.2, 0.25) is 0 Å². The molecule has 2 heterocycles. The largest absolute Gasteiger partial charge is 0.399 e. The smallest absolute Gasteiger partial charge is 0.0534 e. The van der Waals surface area contributed by atoms with Crippen LogP contribution in [0.5, 0.6) is 0 Å². The van der Waals surface area contributed by atoms with E-state index in [0.29, 0.717) is 0 Å². The van der Waals surface area contributed by atoms with Crippen LogP contribution in [0.25, 0.3) is 0 Å². The van der Waals surface area contributed by atoms with Crippen molar-refractivity contribution in [1.29, 1.82) is 0 Å². The second-order valence-electron chi connectivity index (χ2n) is 4.25. The molecule has 1 aromatic carbocycles. The first-order valence-corrected chi connectivity index (χ1v) is 7.26. The maximum atomic E-state index is 5.81. The molecule has 0 saturated heterocycles. The van der Waals surface area contributed by atoms with Crippen molar-refractivity contribution in [2.75, 3.05) is 17.2 Å². The first-order chi connectivity index (χ1) is 8.24. The second-order valence-corrected chi connectivity index (χ2v) is 6.11. The number of nitrogens with two attached hydrogens (primary N) is 1. The molecule has 0 aliphatic carbocycles. The monoisotopic (exact) mass is 308 g/mol. The van der Waals surface area contributed by atoms with Crippen molar-refractivity contribution in [3.8, 4) is 0 Å². The van der Waals surface area contributed by atoms with Crippen LogP contribution >= 0.6 is 27.3 Å². The van der Waals surface area contributed by atoms with E-state index in [-0.39, 0.29) is 0 Å². The molecule has 0 spiro atoms. The van der Waals surface area contributed by atoms with Gasteiger partial charge in [0.05, 0.1) is 6.54 Å². The Morgan fingerprint density at radius 1 is 1.35 bits per heavy atom. The van der Waals surface area contributed by atoms with Gasteiger partial charge in [0.25, 0.3) is 0 Å². The number of hydrogen-bond donors (Lipinski definition) is 1. The Balaban J connectivity index is 1.87. The molecule has 1 aliphatic rings. The van der Waals surface area contributed by atoms with Gasteiger partial charge in [-0.3, -0.25) is 0 Å². The molecular weight excluding hydrogens is 296 g/mol. The normalized spacial score (nSPS) is 14.1. The fourth-order valence-corrected chi connectivity index (χ4v) is 3.76. The third kappa shape index (κ3) is 2.07. The number of halogens is 1. The lowest BCUT2D eigenvalue weighted by atomic mass is 10.1. The predicted octanol–water partition coefficient (Wildman–Crippen LogP) is 3.66. The van der Waals surface area contributed by atoms with Crippen LogP contribution in [0.15, 0.2) is 34.1 Å². The fourth-order valence-electron chi connectivity index (χ4n) is 2.27. The summed E-state index contributed by atoms with van der Waals surface area (Å²) in [5.74, 6) is 0. The molecular formula is C13H13BrN2S. The van der Waals surface area contributed by atoms with Crippen molar-refractivity contribution in [3.63, 3.8) is 0 Å². The molecule has 2 nitrogen and oxygen atoms in total. The number of fused-ring (bicyclic) bond motifs is 1. The average molecular weight is 309 g/mol. The molecule has 0 radical (unpaired) electrons. The van der Waals surface area contributed by atoms with E-state index >= 15 is 0 Å². The van der Waals surface area contributed by atoms with Crippen molar-refractivity contribution in [2.24, 2.45) is 0 Å². The highest BCUT2D eigenvalue weighted by atomic mass is 79.9. The molecule has 1 aromatic heterocycles. The number of nitrogen functional groups attached to an aromatic ring is 1. The first kappa shape index (κ1) is 11.1. The molecule has 0 amide bonds. The summed E-state index contributed by atoms with van der Waals surface area (Å²) in [4.78, 5) is 3.81. The maximum absolute atomic E-state index is 5.81. The minimum Gasteiger partial charge on any atom is -0.399 e.